The van der Waals surface area contributed by atoms with Gasteiger partial charge in [-0.25, -0.2) is 4.98 Å². The van der Waals surface area contributed by atoms with Crippen LogP contribution in [0.15, 0.2) is 18.3 Å². The van der Waals surface area contributed by atoms with Gasteiger partial charge in [0, 0.05) is 23.6 Å². The molecule has 1 aliphatic rings. The summed E-state index contributed by atoms with van der Waals surface area (Å²) in [6, 6.07) is 3.13. The monoisotopic (exact) mass is 237 g/mol. The van der Waals surface area contributed by atoms with E-state index in [9.17, 15) is 4.39 Å². The lowest BCUT2D eigenvalue weighted by Crippen LogP contribution is -1.90. The van der Waals surface area contributed by atoms with Gasteiger partial charge in [0.05, 0.1) is 0 Å². The van der Waals surface area contributed by atoms with E-state index >= 15 is 0 Å². The molecule has 4 nitrogen and oxygen atoms in total. The van der Waals surface area contributed by atoms with E-state index in [2.05, 4.69) is 14.3 Å². The van der Waals surface area contributed by atoms with Crippen LogP contribution >= 0.6 is 11.5 Å². The highest BCUT2D eigenvalue weighted by molar-refractivity contribution is 7.07. The van der Waals surface area contributed by atoms with Crippen molar-refractivity contribution in [1.82, 2.24) is 14.3 Å². The topological polar surface area (TPSA) is 47.9 Å². The Hall–Kier alpha value is -1.56. The van der Waals surface area contributed by atoms with Gasteiger partial charge >= 0.3 is 0 Å². The van der Waals surface area contributed by atoms with Crippen molar-refractivity contribution in [2.75, 3.05) is 0 Å². The van der Waals surface area contributed by atoms with Gasteiger partial charge in [-0.3, -0.25) is 0 Å². The van der Waals surface area contributed by atoms with Crippen LogP contribution in [0.1, 0.15) is 24.6 Å². The highest BCUT2D eigenvalue weighted by Crippen LogP contribution is 2.40. The maximum Gasteiger partial charge on any atom is 0.298 e. The lowest BCUT2D eigenvalue weighted by molar-refractivity contribution is 0.426. The summed E-state index contributed by atoms with van der Waals surface area (Å²) in [5.41, 5.74) is 0. The Balaban J connectivity index is 1.80. The van der Waals surface area contributed by atoms with Crippen LogP contribution in [0.5, 0.6) is 10.9 Å². The number of nitrogens with zero attached hydrogens (tertiary/aromatic N) is 3. The molecular formula is C10H8FN3OS. The molecule has 0 amide bonds. The standard InChI is InChI=1S/C10H8FN3OS/c11-8-7(2-1-5-12-8)15-10-13-9(14-16-10)6-3-4-6/h1-2,5-6H,3-4H2. The summed E-state index contributed by atoms with van der Waals surface area (Å²) < 4.78 is 22.6. The number of rotatable bonds is 3. The van der Waals surface area contributed by atoms with E-state index in [0.29, 0.717) is 11.1 Å². The first kappa shape index (κ1) is 9.65. The molecule has 0 aromatic carbocycles. The van der Waals surface area contributed by atoms with Crippen molar-refractivity contribution in [3.8, 4) is 10.9 Å². The molecule has 0 saturated heterocycles. The first-order valence-electron chi connectivity index (χ1n) is 4.95. The van der Waals surface area contributed by atoms with Crippen molar-refractivity contribution in [1.29, 1.82) is 0 Å². The zero-order chi connectivity index (χ0) is 11.0. The van der Waals surface area contributed by atoms with Crippen molar-refractivity contribution < 1.29 is 9.13 Å². The fraction of sp³-hybridized carbons (Fsp3) is 0.300. The molecule has 1 saturated carbocycles. The number of pyridine rings is 1. The zero-order valence-electron chi connectivity index (χ0n) is 8.26. The van der Waals surface area contributed by atoms with Gasteiger partial charge in [-0.15, -0.1) is 0 Å². The Morgan fingerprint density at radius 3 is 3.06 bits per heavy atom. The Kier molecular flexibility index (Phi) is 2.28. The SMILES string of the molecule is Fc1ncccc1Oc1nc(C2CC2)ns1. The van der Waals surface area contributed by atoms with Crippen LogP contribution in [0.4, 0.5) is 4.39 Å². The number of halogens is 1. The molecule has 2 aromatic heterocycles. The predicted molar refractivity (Wildman–Crippen MR) is 56.2 cm³/mol. The number of hydrogen-bond donors (Lipinski definition) is 0. The van der Waals surface area contributed by atoms with Gasteiger partial charge in [-0.1, -0.05) is 0 Å². The smallest absolute Gasteiger partial charge is 0.298 e. The van der Waals surface area contributed by atoms with E-state index in [4.69, 9.17) is 4.74 Å². The van der Waals surface area contributed by atoms with Crippen LogP contribution in [0.3, 0.4) is 0 Å². The third-order valence-electron chi connectivity index (χ3n) is 2.29. The molecule has 82 valence electrons. The summed E-state index contributed by atoms with van der Waals surface area (Å²) in [5.74, 6) is 0.739. The van der Waals surface area contributed by atoms with Gasteiger partial charge in [0.2, 0.25) is 0 Å². The highest BCUT2D eigenvalue weighted by Gasteiger charge is 2.28. The molecule has 1 aliphatic carbocycles. The summed E-state index contributed by atoms with van der Waals surface area (Å²) in [4.78, 5) is 7.69. The van der Waals surface area contributed by atoms with Crippen molar-refractivity contribution in [2.45, 2.75) is 18.8 Å². The van der Waals surface area contributed by atoms with E-state index in [0.717, 1.165) is 30.2 Å². The second kappa shape index (κ2) is 3.79. The Labute approximate surface area is 95.3 Å². The fourth-order valence-electron chi connectivity index (χ4n) is 1.31. The number of aromatic nitrogens is 3. The van der Waals surface area contributed by atoms with Gasteiger partial charge in [-0.05, 0) is 25.0 Å². The summed E-state index contributed by atoms with van der Waals surface area (Å²) in [7, 11) is 0. The molecule has 0 atom stereocenters. The molecule has 16 heavy (non-hydrogen) atoms. The maximum absolute atomic E-state index is 13.2. The molecular weight excluding hydrogens is 229 g/mol. The summed E-state index contributed by atoms with van der Waals surface area (Å²) in [6.07, 6.45) is 3.65. The molecule has 0 bridgehead atoms. The maximum atomic E-state index is 13.2. The number of ether oxygens (including phenoxy) is 1. The third kappa shape index (κ3) is 1.88. The molecule has 6 heteroatoms. The van der Waals surface area contributed by atoms with E-state index < -0.39 is 5.95 Å². The van der Waals surface area contributed by atoms with Crippen LogP contribution in [0.2, 0.25) is 0 Å². The lowest BCUT2D eigenvalue weighted by atomic mass is 10.4. The average Bonchev–Trinajstić information content (AvgIpc) is 3.03. The first-order chi connectivity index (χ1) is 7.83. The van der Waals surface area contributed by atoms with Crippen LogP contribution in [-0.4, -0.2) is 14.3 Å². The number of hydrogen-bond acceptors (Lipinski definition) is 5. The van der Waals surface area contributed by atoms with Gasteiger partial charge in [0.1, 0.15) is 5.82 Å². The highest BCUT2D eigenvalue weighted by atomic mass is 32.1. The average molecular weight is 237 g/mol. The van der Waals surface area contributed by atoms with Crippen molar-refractivity contribution in [3.05, 3.63) is 30.1 Å². The fourth-order valence-corrected chi connectivity index (χ4v) is 1.93. The second-order valence-corrected chi connectivity index (χ2v) is 4.30. The normalized spacial score (nSPS) is 15.1. The molecule has 1 fully saturated rings. The Bertz CT molecular complexity index is 512. The molecule has 0 spiro atoms. The van der Waals surface area contributed by atoms with E-state index in [1.165, 1.54) is 12.3 Å². The molecule has 0 unspecified atom stereocenters. The minimum Gasteiger partial charge on any atom is -0.425 e. The minimum absolute atomic E-state index is 0.0843. The van der Waals surface area contributed by atoms with Crippen molar-refractivity contribution >= 4 is 11.5 Å². The Morgan fingerprint density at radius 2 is 2.31 bits per heavy atom. The molecule has 0 N–H and O–H groups in total. The van der Waals surface area contributed by atoms with Crippen molar-refractivity contribution in [3.63, 3.8) is 0 Å². The Morgan fingerprint density at radius 1 is 1.44 bits per heavy atom. The van der Waals surface area contributed by atoms with Gasteiger partial charge in [0.25, 0.3) is 11.1 Å². The van der Waals surface area contributed by atoms with E-state index in [1.807, 2.05) is 0 Å². The zero-order valence-corrected chi connectivity index (χ0v) is 9.08. The molecule has 2 aromatic rings. The van der Waals surface area contributed by atoms with E-state index in [1.54, 1.807) is 6.07 Å². The van der Waals surface area contributed by atoms with Crippen LogP contribution < -0.4 is 4.74 Å². The molecule has 3 rings (SSSR count). The summed E-state index contributed by atoms with van der Waals surface area (Å²) in [6.45, 7) is 0. The third-order valence-corrected chi connectivity index (χ3v) is 2.90. The van der Waals surface area contributed by atoms with E-state index in [-0.39, 0.29) is 5.75 Å². The quantitative estimate of drug-likeness (QED) is 0.770. The molecule has 0 radical (unpaired) electrons. The summed E-state index contributed by atoms with van der Waals surface area (Å²) >= 11 is 1.14. The minimum atomic E-state index is -0.634. The van der Waals surface area contributed by atoms with Gasteiger partial charge < -0.3 is 4.74 Å². The van der Waals surface area contributed by atoms with Gasteiger partial charge in [-0.2, -0.15) is 13.7 Å². The van der Waals surface area contributed by atoms with Crippen LogP contribution in [0, 0.1) is 5.95 Å². The lowest BCUT2D eigenvalue weighted by Gasteiger charge is -1.99. The van der Waals surface area contributed by atoms with Crippen LogP contribution in [0.25, 0.3) is 0 Å². The van der Waals surface area contributed by atoms with Crippen molar-refractivity contribution in [2.24, 2.45) is 0 Å². The van der Waals surface area contributed by atoms with Gasteiger partial charge in [0.15, 0.2) is 5.75 Å². The van der Waals surface area contributed by atoms with Crippen LogP contribution in [-0.2, 0) is 0 Å². The second-order valence-electron chi connectivity index (χ2n) is 3.59. The molecule has 2 heterocycles. The predicted octanol–water partition coefficient (Wildman–Crippen LogP) is 2.74. The largest absolute Gasteiger partial charge is 0.425 e. The molecule has 0 aliphatic heterocycles. The summed E-state index contributed by atoms with van der Waals surface area (Å²) in [5, 5.41) is 0.369. The first-order valence-corrected chi connectivity index (χ1v) is 5.72.